The zero-order chi connectivity index (χ0) is 7.56. The molecule has 0 aromatic carbocycles. The van der Waals surface area contributed by atoms with Crippen LogP contribution < -0.4 is 5.56 Å². The molecule has 1 heterocycles. The van der Waals surface area contributed by atoms with E-state index in [1.54, 1.807) is 13.0 Å². The van der Waals surface area contributed by atoms with Gasteiger partial charge >= 0.3 is 0 Å². The molecular formula is C7H8N2O. The van der Waals surface area contributed by atoms with Gasteiger partial charge in [-0.3, -0.25) is 4.79 Å². The number of rotatable bonds is 1. The van der Waals surface area contributed by atoms with E-state index in [9.17, 15) is 4.79 Å². The summed E-state index contributed by atoms with van der Waals surface area (Å²) in [4.78, 5) is 10.9. The monoisotopic (exact) mass is 136 g/mol. The van der Waals surface area contributed by atoms with Crippen molar-refractivity contribution in [1.29, 1.82) is 0 Å². The molecule has 0 bridgehead atoms. The maximum absolute atomic E-state index is 10.9. The van der Waals surface area contributed by atoms with Gasteiger partial charge < -0.3 is 0 Å². The van der Waals surface area contributed by atoms with Gasteiger partial charge in [-0.15, -0.1) is 0 Å². The molecule has 3 nitrogen and oxygen atoms in total. The van der Waals surface area contributed by atoms with Crippen LogP contribution in [-0.4, -0.2) is 10.2 Å². The van der Waals surface area contributed by atoms with Crippen molar-refractivity contribution >= 4 is 5.57 Å². The lowest BCUT2D eigenvalue weighted by molar-refractivity contribution is 0.981. The van der Waals surface area contributed by atoms with Crippen LogP contribution in [0.25, 0.3) is 5.57 Å². The van der Waals surface area contributed by atoms with Crippen LogP contribution >= 0.6 is 0 Å². The Hall–Kier alpha value is -1.38. The number of aromatic nitrogens is 2. The van der Waals surface area contributed by atoms with Gasteiger partial charge in [0.25, 0.3) is 5.56 Å². The Kier molecular flexibility index (Phi) is 1.67. The quantitative estimate of drug-likeness (QED) is 0.620. The van der Waals surface area contributed by atoms with Gasteiger partial charge in [-0.2, -0.15) is 5.10 Å². The molecule has 0 aliphatic heterocycles. The first-order chi connectivity index (χ1) is 4.72. The van der Waals surface area contributed by atoms with Gasteiger partial charge in [0.1, 0.15) is 0 Å². The highest BCUT2D eigenvalue weighted by Crippen LogP contribution is 2.01. The van der Waals surface area contributed by atoms with E-state index in [1.807, 2.05) is 0 Å². The predicted molar refractivity (Wildman–Crippen MR) is 39.6 cm³/mol. The highest BCUT2D eigenvalue weighted by atomic mass is 16.1. The van der Waals surface area contributed by atoms with Crippen LogP contribution in [0.4, 0.5) is 0 Å². The van der Waals surface area contributed by atoms with Gasteiger partial charge in [0.2, 0.25) is 0 Å². The Balaban J connectivity index is 3.29. The van der Waals surface area contributed by atoms with Crippen LogP contribution in [0.3, 0.4) is 0 Å². The van der Waals surface area contributed by atoms with E-state index >= 15 is 0 Å². The molecule has 1 rings (SSSR count). The molecule has 0 atom stereocenters. The average molecular weight is 136 g/mol. The maximum atomic E-state index is 10.9. The number of allylic oxidation sites excluding steroid dienone is 1. The van der Waals surface area contributed by atoms with Crippen LogP contribution in [0.5, 0.6) is 0 Å². The molecule has 1 aromatic rings. The minimum absolute atomic E-state index is 0.185. The highest BCUT2D eigenvalue weighted by Gasteiger charge is 1.96. The number of aromatic amines is 1. The van der Waals surface area contributed by atoms with Crippen LogP contribution in [0.2, 0.25) is 0 Å². The van der Waals surface area contributed by atoms with Crippen molar-refractivity contribution in [2.45, 2.75) is 6.92 Å². The lowest BCUT2D eigenvalue weighted by atomic mass is 10.2. The first-order valence-electron chi connectivity index (χ1n) is 2.91. The standard InChI is InChI=1S/C7H8N2O/c1-5(2)6-3-4-8-9-7(6)10/h3-4H,1H2,2H3,(H,9,10). The highest BCUT2D eigenvalue weighted by molar-refractivity contribution is 5.59. The third-order valence-electron chi connectivity index (χ3n) is 1.19. The first kappa shape index (κ1) is 6.74. The minimum atomic E-state index is -0.185. The predicted octanol–water partition coefficient (Wildman–Crippen LogP) is 0.803. The molecule has 3 heteroatoms. The Morgan fingerprint density at radius 2 is 2.50 bits per heavy atom. The van der Waals surface area contributed by atoms with Crippen LogP contribution in [0.1, 0.15) is 12.5 Å². The van der Waals surface area contributed by atoms with Crippen molar-refractivity contribution in [1.82, 2.24) is 10.2 Å². The number of H-pyrrole nitrogens is 1. The molecule has 52 valence electrons. The van der Waals surface area contributed by atoms with Crippen LogP contribution in [0.15, 0.2) is 23.6 Å². The fourth-order valence-electron chi connectivity index (χ4n) is 0.680. The van der Waals surface area contributed by atoms with E-state index in [2.05, 4.69) is 16.8 Å². The Morgan fingerprint density at radius 1 is 1.80 bits per heavy atom. The number of nitrogens with one attached hydrogen (secondary N) is 1. The van der Waals surface area contributed by atoms with Crippen molar-refractivity contribution in [3.8, 4) is 0 Å². The summed E-state index contributed by atoms with van der Waals surface area (Å²) in [6.07, 6.45) is 1.53. The molecule has 1 N–H and O–H groups in total. The summed E-state index contributed by atoms with van der Waals surface area (Å²) in [5.74, 6) is 0. The van der Waals surface area contributed by atoms with Gasteiger partial charge in [-0.1, -0.05) is 6.58 Å². The van der Waals surface area contributed by atoms with E-state index in [0.29, 0.717) is 5.56 Å². The molecule has 0 fully saturated rings. The molecule has 0 spiro atoms. The summed E-state index contributed by atoms with van der Waals surface area (Å²) in [6.45, 7) is 5.42. The molecule has 0 saturated heterocycles. The van der Waals surface area contributed by atoms with E-state index in [-0.39, 0.29) is 5.56 Å². The zero-order valence-electron chi connectivity index (χ0n) is 5.72. The molecule has 1 aromatic heterocycles. The number of hydrogen-bond acceptors (Lipinski definition) is 2. The van der Waals surface area contributed by atoms with Crippen molar-refractivity contribution in [3.05, 3.63) is 34.8 Å². The summed E-state index contributed by atoms with van der Waals surface area (Å²) in [5.41, 5.74) is 1.16. The van der Waals surface area contributed by atoms with Crippen molar-refractivity contribution in [2.75, 3.05) is 0 Å². The van der Waals surface area contributed by atoms with Gasteiger partial charge in [-0.25, -0.2) is 5.10 Å². The maximum Gasteiger partial charge on any atom is 0.271 e. The second-order valence-electron chi connectivity index (χ2n) is 2.08. The SMILES string of the molecule is C=C(C)c1ccn[nH]c1=O. The largest absolute Gasteiger partial charge is 0.271 e. The normalized spacial score (nSPS) is 9.30. The topological polar surface area (TPSA) is 45.8 Å². The van der Waals surface area contributed by atoms with E-state index in [1.165, 1.54) is 6.20 Å². The molecule has 0 amide bonds. The van der Waals surface area contributed by atoms with Crippen LogP contribution in [-0.2, 0) is 0 Å². The number of hydrogen-bond donors (Lipinski definition) is 1. The molecule has 0 saturated carbocycles. The molecule has 0 unspecified atom stereocenters. The summed E-state index contributed by atoms with van der Waals surface area (Å²) in [7, 11) is 0. The second-order valence-corrected chi connectivity index (χ2v) is 2.08. The molecule has 0 aliphatic rings. The average Bonchev–Trinajstić information content (AvgIpc) is 1.88. The van der Waals surface area contributed by atoms with Gasteiger partial charge in [0.05, 0.1) is 0 Å². The summed E-state index contributed by atoms with van der Waals surface area (Å²) >= 11 is 0. The minimum Gasteiger partial charge on any atom is -0.267 e. The van der Waals surface area contributed by atoms with Gasteiger partial charge in [0, 0.05) is 11.8 Å². The summed E-state index contributed by atoms with van der Waals surface area (Å²) < 4.78 is 0. The summed E-state index contributed by atoms with van der Waals surface area (Å²) in [6, 6.07) is 1.64. The second kappa shape index (κ2) is 2.47. The lowest BCUT2D eigenvalue weighted by Gasteiger charge is -1.93. The fraction of sp³-hybridized carbons (Fsp3) is 0.143. The van der Waals surface area contributed by atoms with Gasteiger partial charge in [-0.05, 0) is 18.6 Å². The summed E-state index contributed by atoms with van der Waals surface area (Å²) in [5, 5.41) is 5.86. The number of nitrogens with zero attached hydrogens (tertiary/aromatic N) is 1. The smallest absolute Gasteiger partial charge is 0.267 e. The van der Waals surface area contributed by atoms with E-state index in [4.69, 9.17) is 0 Å². The lowest BCUT2D eigenvalue weighted by Crippen LogP contribution is -2.11. The molecule has 10 heavy (non-hydrogen) atoms. The third kappa shape index (κ3) is 1.13. The Labute approximate surface area is 58.4 Å². The molecule has 0 aliphatic carbocycles. The Morgan fingerprint density at radius 3 is 2.90 bits per heavy atom. The third-order valence-corrected chi connectivity index (χ3v) is 1.19. The van der Waals surface area contributed by atoms with Gasteiger partial charge in [0.15, 0.2) is 0 Å². The zero-order valence-corrected chi connectivity index (χ0v) is 5.72. The fourth-order valence-corrected chi connectivity index (χ4v) is 0.680. The van der Waals surface area contributed by atoms with Crippen molar-refractivity contribution < 1.29 is 0 Å². The first-order valence-corrected chi connectivity index (χ1v) is 2.91. The van der Waals surface area contributed by atoms with Crippen molar-refractivity contribution in [3.63, 3.8) is 0 Å². The van der Waals surface area contributed by atoms with Crippen LogP contribution in [0, 0.1) is 0 Å². The Bertz CT molecular complexity index is 300. The van der Waals surface area contributed by atoms with E-state index in [0.717, 1.165) is 5.57 Å². The van der Waals surface area contributed by atoms with E-state index < -0.39 is 0 Å². The molecule has 0 radical (unpaired) electrons. The van der Waals surface area contributed by atoms with Crippen molar-refractivity contribution in [2.24, 2.45) is 0 Å². The molecular weight excluding hydrogens is 128 g/mol.